The third kappa shape index (κ3) is 25.0. The van der Waals surface area contributed by atoms with Gasteiger partial charge in [0, 0.05) is 94.6 Å². The number of nitrogen functional groups attached to an aromatic ring is 5. The Morgan fingerprint density at radius 3 is 1.37 bits per heavy atom. The number of hydrogen-bond donors (Lipinski definition) is 10. The van der Waals surface area contributed by atoms with Crippen LogP contribution < -0.4 is 53.1 Å². The van der Waals surface area contributed by atoms with Gasteiger partial charge in [-0.15, -0.1) is 0 Å². The fraction of sp³-hybridized carbons (Fsp3) is 0.537. The van der Waals surface area contributed by atoms with E-state index < -0.39 is 203 Å². The first-order valence-electron chi connectivity index (χ1n) is 42.8. The minimum absolute atomic E-state index is 0.0241. The largest absolute Gasteiger partial charge is 0.494 e. The number of ether oxygens (including phenoxy) is 16. The number of fused-ring (bicyclic) bond motifs is 5. The minimum Gasteiger partial charge on any atom is -0.494 e. The Morgan fingerprint density at radius 2 is 0.930 bits per heavy atom. The molecule has 15 N–H and O–H groups in total. The number of hydrogen-bond acceptors (Lipinski definition) is 56. The Balaban J connectivity index is 0.000000171. The van der Waals surface area contributed by atoms with E-state index in [0.29, 0.717) is 48.3 Å². The number of esters is 10. The Morgan fingerprint density at radius 1 is 0.493 bits per heavy atom. The molecule has 1 aliphatic carbocycles. The molecule has 1 saturated carbocycles. The van der Waals surface area contributed by atoms with Crippen LogP contribution in [-0.2, 0) is 124 Å². The lowest BCUT2D eigenvalue weighted by molar-refractivity contribution is -0.196. The van der Waals surface area contributed by atoms with Gasteiger partial charge < -0.3 is 135 Å². The second-order valence-electron chi connectivity index (χ2n) is 32.2. The monoisotopic (exact) mass is 2090 g/mol. The fourth-order valence-corrected chi connectivity index (χ4v) is 20.1. The van der Waals surface area contributed by atoms with Crippen molar-refractivity contribution in [2.24, 2.45) is 5.92 Å². The average molecular weight is 2090 g/mol. The molecule has 15 rings (SSSR count). The Hall–Kier alpha value is -13.1. The van der Waals surface area contributed by atoms with E-state index >= 15 is 0 Å². The molecule has 1 unspecified atom stereocenters. The Labute approximate surface area is 821 Å². The third-order valence-electron chi connectivity index (χ3n) is 21.7. The number of carbonyl (C=O) groups is 10. The number of aromatic nitrogens is 14. The van der Waals surface area contributed by atoms with Crippen molar-refractivity contribution in [1.29, 1.82) is 0 Å². The highest BCUT2D eigenvalue weighted by molar-refractivity contribution is 8.03. The molecule has 60 heteroatoms. The first-order valence-corrected chi connectivity index (χ1v) is 46.9. The van der Waals surface area contributed by atoms with Gasteiger partial charge in [-0.05, 0) is 26.7 Å². The van der Waals surface area contributed by atoms with Crippen molar-refractivity contribution < 1.29 is 149 Å². The lowest BCUT2D eigenvalue weighted by Gasteiger charge is -2.36. The fourth-order valence-electron chi connectivity index (χ4n) is 15.9. The van der Waals surface area contributed by atoms with E-state index in [-0.39, 0.29) is 95.7 Å². The van der Waals surface area contributed by atoms with E-state index in [4.69, 9.17) is 104 Å². The molecule has 0 spiro atoms. The number of nitrogens with two attached hydrogens (primary N) is 5. The quantitative estimate of drug-likeness (QED) is 0.0133. The highest BCUT2D eigenvalue weighted by Gasteiger charge is 2.65. The summed E-state index contributed by atoms with van der Waals surface area (Å²) in [6, 6.07) is -0.377. The molecule has 0 aromatic carbocycles. The summed E-state index contributed by atoms with van der Waals surface area (Å²) in [5.41, 5.74) is 25.5. The molecular formula is C82H102N20O35S5. The predicted octanol–water partition coefficient (Wildman–Crippen LogP) is -0.0647. The topological polar surface area (TPSA) is 770 Å². The zero-order valence-corrected chi connectivity index (χ0v) is 82.0. The Bertz CT molecular complexity index is 6490. The number of allylic oxidation sites excluding steroid dienone is 1. The molecular weight excluding hydrogens is 1990 g/mol. The van der Waals surface area contributed by atoms with E-state index in [2.05, 4.69) is 63.0 Å². The van der Waals surface area contributed by atoms with Crippen LogP contribution in [0.5, 0.6) is 0 Å². The number of carbonyl (C=O) groups excluding carboxylic acids is 10. The van der Waals surface area contributed by atoms with E-state index in [1.165, 1.54) is 75.7 Å². The summed E-state index contributed by atoms with van der Waals surface area (Å²) in [6.45, 7) is 22.6. The normalized spacial score (nSPS) is 25.8. The number of aliphatic hydroxyl groups excluding tert-OH is 5. The van der Waals surface area contributed by atoms with Gasteiger partial charge in [-0.1, -0.05) is 83.6 Å². The van der Waals surface area contributed by atoms with Crippen LogP contribution in [-0.4, -0.2) is 296 Å². The highest BCUT2D eigenvalue weighted by Crippen LogP contribution is 2.50. The molecule has 0 bridgehead atoms. The first kappa shape index (κ1) is 109. The third-order valence-corrected chi connectivity index (χ3v) is 26.1. The molecule has 9 aromatic heterocycles. The van der Waals surface area contributed by atoms with Crippen molar-refractivity contribution >= 4 is 194 Å². The number of unbranched alkanes of at least 4 members (excludes halogenated alkanes) is 1. The lowest BCUT2D eigenvalue weighted by atomic mass is 9.92. The van der Waals surface area contributed by atoms with Gasteiger partial charge in [0.05, 0.1) is 78.0 Å². The summed E-state index contributed by atoms with van der Waals surface area (Å²) in [7, 11) is 0. The van der Waals surface area contributed by atoms with Crippen molar-refractivity contribution in [3.8, 4) is 0 Å². The molecule has 0 radical (unpaired) electrons. The number of anilines is 6. The number of thiazole rings is 4. The maximum absolute atomic E-state index is 13.0. The molecule has 21 atom stereocenters. The average Bonchev–Trinajstić information content (AvgIpc) is 1.57. The molecule has 4 saturated heterocycles. The summed E-state index contributed by atoms with van der Waals surface area (Å²) in [5.74, 6) is -6.65. The van der Waals surface area contributed by atoms with Gasteiger partial charge in [0.2, 0.25) is 35.3 Å². The van der Waals surface area contributed by atoms with E-state index in [1.807, 2.05) is 6.92 Å². The SMILES string of the molecule is C=C(C)OC[C@]1(OC(C)=O)[C@@H](COC(C)=O)O[C@@H](n2c(=O)sc3cnc(N)nc32)[C@@H]1OC(C)=O.C=C1Sc2cnc(N)nc2N1[C@@H]1C[C@H](CO)[C@@H](O)[C@H]1O.CC(=O)OCC(OC(C)=O)[C@H]1O[C@@H](n2c(=O)sc3cnc(N)nc32)[C@H](OC(C)=O)[C@H]1OC(C)=O.CC(=O)OC[C@H]1O[C@@H](n2c(=O)sc3cnc(N)nc32)[C@H](OC(C)=O)[C@@]1(C)OC(C)=O.CCCCO[C@@H]1[C@@H](O)[C@@H](n2c(=O)sc3cnc(N)nc32)O[C@@H]1CO. The van der Waals surface area contributed by atoms with Crippen molar-refractivity contribution in [2.45, 2.75) is 236 Å². The van der Waals surface area contributed by atoms with Crippen molar-refractivity contribution in [3.63, 3.8) is 0 Å². The molecule has 14 heterocycles. The van der Waals surface area contributed by atoms with Crippen molar-refractivity contribution in [3.05, 3.63) is 93.6 Å². The summed E-state index contributed by atoms with van der Waals surface area (Å²) >= 11 is 4.79. The van der Waals surface area contributed by atoms with Crippen LogP contribution in [0.15, 0.2) is 79.0 Å². The predicted molar refractivity (Wildman–Crippen MR) is 496 cm³/mol. The molecule has 770 valence electrons. The van der Waals surface area contributed by atoms with E-state index in [1.54, 1.807) is 18.0 Å². The zero-order chi connectivity index (χ0) is 104. The lowest BCUT2D eigenvalue weighted by Crippen LogP contribution is -2.57. The van der Waals surface area contributed by atoms with Crippen LogP contribution in [0, 0.1) is 5.92 Å². The molecule has 5 aliphatic heterocycles. The second-order valence-corrected chi connectivity index (χ2v) is 37.2. The first-order chi connectivity index (χ1) is 67.0. The maximum atomic E-state index is 13.0. The van der Waals surface area contributed by atoms with Crippen LogP contribution >= 0.6 is 57.1 Å². The van der Waals surface area contributed by atoms with Crippen LogP contribution in [0.1, 0.15) is 134 Å². The standard InChI is InChI=1S/C20H24N4O9S.C19H22N4O10S.C17H20N4O8S.C14H20N4O5S.C12H16N4O3S/c1-9(2)30-8-20(33-12(5)27)14(7-29-10(3)25)32-17(15(20)31-11(4)26)24-16-13(34-19(24)28)6-22-18(21)23-16;1-7(24)29-6-11(30-8(2)25)13-14(31-9(3)26)15(32-10(4)27)17(33-13)23-16-12(34-19(23)28)5-21-18(20)22-16;1-7(22)26-6-11-17(4,29-9(3)24)12(27-8(2)23)14(28-11)21-13-10(30-16(21)25)5-19-15(18)20-13;1-2-3-4-22-10-7(6-19)23-12(9(10)20)18-11-8(24-14(18)21)5-16-13(15)17-11;1-5-16(7-2-6(4-17)9(18)10(7)19)11-8(20-5)3-14-12(13)15-11/h6,14-15,17H,1,7-8H2,2-5H3,(H2,21,22,23);5,11,13-15,17H,6H2,1-4H3,(H2,20,21,22);5,11-12,14H,6H2,1-4H3,(H2,18,19,20);5,7,9-10,12,19-20H,2-4,6H2,1H3,(H2,15,16,17);3,6-7,9-10,17-19H,1-2,4H2,(H2,13,14,15)/t14-,15+,17-,20+;11?,13-,14+,15-,17-;11-,12+,14-,17+;7-,9-,10+,12+;6-,7-,9-,10+/m11111/s1. The number of aliphatic hydroxyl groups is 5. The number of thioether (sulfide) groups is 1. The number of rotatable bonds is 28. The zero-order valence-electron chi connectivity index (χ0n) is 78.0. The summed E-state index contributed by atoms with van der Waals surface area (Å²) in [4.78, 5) is 209. The van der Waals surface area contributed by atoms with Crippen LogP contribution in [0.25, 0.3) is 41.4 Å². The Kier molecular flexibility index (Phi) is 36.0. The van der Waals surface area contributed by atoms with Gasteiger partial charge >= 0.3 is 79.2 Å². The smallest absolute Gasteiger partial charge is 0.311 e. The van der Waals surface area contributed by atoms with Gasteiger partial charge in [-0.25, -0.2) is 24.9 Å². The van der Waals surface area contributed by atoms with Crippen LogP contribution in [0.2, 0.25) is 0 Å². The molecule has 6 aliphatic rings. The van der Waals surface area contributed by atoms with Gasteiger partial charge in [-0.3, -0.25) is 85.4 Å². The molecule has 0 amide bonds. The maximum Gasteiger partial charge on any atom is 0.311 e. The van der Waals surface area contributed by atoms with Gasteiger partial charge in [-0.2, -0.15) is 24.9 Å². The minimum atomic E-state index is -1.82. The molecule has 9 aromatic rings. The van der Waals surface area contributed by atoms with Gasteiger partial charge in [0.15, 0.2) is 89.4 Å². The molecule has 55 nitrogen and oxygen atoms in total. The van der Waals surface area contributed by atoms with Gasteiger partial charge in [0.1, 0.15) is 69.2 Å². The van der Waals surface area contributed by atoms with Crippen molar-refractivity contribution in [1.82, 2.24) is 68.1 Å². The molecule has 142 heavy (non-hydrogen) atoms. The molecule has 5 fully saturated rings. The van der Waals surface area contributed by atoms with E-state index in [0.717, 1.165) is 118 Å². The van der Waals surface area contributed by atoms with Crippen LogP contribution in [0.4, 0.5) is 35.6 Å². The van der Waals surface area contributed by atoms with Gasteiger partial charge in [0.25, 0.3) is 0 Å². The van der Waals surface area contributed by atoms with Crippen LogP contribution in [0.3, 0.4) is 0 Å². The summed E-state index contributed by atoms with van der Waals surface area (Å²) < 4.78 is 94.5. The summed E-state index contributed by atoms with van der Waals surface area (Å²) in [5, 5.41) is 50.2. The second kappa shape index (κ2) is 46.7. The highest BCUT2D eigenvalue weighted by atomic mass is 32.2. The number of nitrogens with zero attached hydrogens (tertiary/aromatic N) is 15. The van der Waals surface area contributed by atoms with Crippen molar-refractivity contribution in [2.75, 3.05) is 79.8 Å². The summed E-state index contributed by atoms with van der Waals surface area (Å²) in [6.07, 6.45) is -10.1. The van der Waals surface area contributed by atoms with E-state index in [9.17, 15) is 92.7 Å².